The molecule has 0 aromatic heterocycles. The summed E-state index contributed by atoms with van der Waals surface area (Å²) in [7, 11) is 1.51. The van der Waals surface area contributed by atoms with Crippen LogP contribution < -0.4 is 14.8 Å². The fourth-order valence-corrected chi connectivity index (χ4v) is 3.64. The molecule has 1 N–H and O–H groups in total. The van der Waals surface area contributed by atoms with E-state index in [4.69, 9.17) is 9.47 Å². The molecule has 0 bridgehead atoms. The Morgan fingerprint density at radius 1 is 1.00 bits per heavy atom. The van der Waals surface area contributed by atoms with E-state index in [-0.39, 0.29) is 18.3 Å². The maximum atomic E-state index is 12.3. The molecule has 1 amide bonds. The van der Waals surface area contributed by atoms with Crippen LogP contribution in [0.4, 0.5) is 0 Å². The highest BCUT2D eigenvalue weighted by molar-refractivity contribution is 5.94. The van der Waals surface area contributed by atoms with Gasteiger partial charge in [0.25, 0.3) is 5.91 Å². The number of methoxy groups -OCH3 is 1. The molecule has 160 valence electrons. The van der Waals surface area contributed by atoms with E-state index in [1.807, 2.05) is 12.1 Å². The van der Waals surface area contributed by atoms with Gasteiger partial charge in [-0.3, -0.25) is 14.5 Å². The summed E-state index contributed by atoms with van der Waals surface area (Å²) in [4.78, 5) is 26.3. The van der Waals surface area contributed by atoms with Crippen molar-refractivity contribution in [3.05, 3.63) is 59.2 Å². The lowest BCUT2D eigenvalue weighted by molar-refractivity contribution is -0.123. The third-order valence-electron chi connectivity index (χ3n) is 5.37. The Labute approximate surface area is 178 Å². The van der Waals surface area contributed by atoms with Gasteiger partial charge >= 0.3 is 0 Å². The molecule has 6 heteroatoms. The molecule has 1 fully saturated rings. The number of hydrogen-bond acceptors (Lipinski definition) is 5. The van der Waals surface area contributed by atoms with Gasteiger partial charge in [-0.1, -0.05) is 30.7 Å². The zero-order valence-electron chi connectivity index (χ0n) is 17.8. The Bertz CT molecular complexity index is 875. The summed E-state index contributed by atoms with van der Waals surface area (Å²) < 4.78 is 10.9. The number of carbonyl (C=O) groups is 2. The molecule has 3 rings (SSSR count). The van der Waals surface area contributed by atoms with Crippen LogP contribution >= 0.6 is 0 Å². The third kappa shape index (κ3) is 6.07. The van der Waals surface area contributed by atoms with Crippen molar-refractivity contribution in [2.45, 2.75) is 39.3 Å². The Hall–Kier alpha value is -2.86. The van der Waals surface area contributed by atoms with Crippen molar-refractivity contribution in [2.24, 2.45) is 0 Å². The van der Waals surface area contributed by atoms with E-state index in [1.165, 1.54) is 38.9 Å². The molecule has 2 aromatic carbocycles. The molecule has 1 aliphatic heterocycles. The summed E-state index contributed by atoms with van der Waals surface area (Å²) in [5.74, 6) is 0.604. The molecule has 1 saturated heterocycles. The number of carbonyl (C=O) groups excluding carboxylic acids is 2. The lowest BCUT2D eigenvalue weighted by Crippen LogP contribution is -2.31. The summed E-state index contributed by atoms with van der Waals surface area (Å²) in [5.41, 5.74) is 2.91. The monoisotopic (exact) mass is 410 g/mol. The van der Waals surface area contributed by atoms with Gasteiger partial charge in [-0.25, -0.2) is 0 Å². The average molecular weight is 411 g/mol. The topological polar surface area (TPSA) is 67.9 Å². The second-order valence-corrected chi connectivity index (χ2v) is 7.59. The molecule has 6 nitrogen and oxygen atoms in total. The van der Waals surface area contributed by atoms with Crippen LogP contribution in [0, 0.1) is 0 Å². The Morgan fingerprint density at radius 2 is 1.73 bits per heavy atom. The van der Waals surface area contributed by atoms with Gasteiger partial charge in [-0.2, -0.15) is 0 Å². The molecular formula is C24H30N2O4. The number of ketones is 1. The lowest BCUT2D eigenvalue weighted by Gasteiger charge is -2.27. The van der Waals surface area contributed by atoms with Crippen LogP contribution in [0.5, 0.6) is 11.5 Å². The van der Waals surface area contributed by atoms with Crippen molar-refractivity contribution in [2.75, 3.05) is 26.8 Å². The Kier molecular flexibility index (Phi) is 7.85. The van der Waals surface area contributed by atoms with Gasteiger partial charge in [-0.15, -0.1) is 0 Å². The summed E-state index contributed by atoms with van der Waals surface area (Å²) in [6.45, 7) is 5.03. The minimum absolute atomic E-state index is 0.0548. The van der Waals surface area contributed by atoms with E-state index in [1.54, 1.807) is 18.2 Å². The molecule has 30 heavy (non-hydrogen) atoms. The van der Waals surface area contributed by atoms with Crippen molar-refractivity contribution < 1.29 is 19.1 Å². The number of likely N-dealkylation sites (tertiary alicyclic amines) is 1. The van der Waals surface area contributed by atoms with E-state index in [0.29, 0.717) is 23.6 Å². The normalized spacial score (nSPS) is 14.2. The van der Waals surface area contributed by atoms with Gasteiger partial charge in [0.05, 0.1) is 7.11 Å². The predicted octanol–water partition coefficient (Wildman–Crippen LogP) is 3.58. The molecular weight excluding hydrogens is 380 g/mol. The van der Waals surface area contributed by atoms with Gasteiger partial charge in [0.15, 0.2) is 23.9 Å². The zero-order chi connectivity index (χ0) is 21.3. The highest BCUT2D eigenvalue weighted by Crippen LogP contribution is 2.28. The maximum absolute atomic E-state index is 12.3. The number of Topliss-reactive ketones (excluding diaryl/α,β-unsaturated/α-hetero) is 1. The number of rotatable bonds is 9. The van der Waals surface area contributed by atoms with Crippen LogP contribution in [0.25, 0.3) is 0 Å². The smallest absolute Gasteiger partial charge is 0.258 e. The van der Waals surface area contributed by atoms with E-state index in [0.717, 1.165) is 25.2 Å². The van der Waals surface area contributed by atoms with E-state index in [9.17, 15) is 9.59 Å². The van der Waals surface area contributed by atoms with Gasteiger partial charge in [0.2, 0.25) is 0 Å². The predicted molar refractivity (Wildman–Crippen MR) is 116 cm³/mol. The van der Waals surface area contributed by atoms with Crippen molar-refractivity contribution in [3.8, 4) is 11.5 Å². The highest BCUT2D eigenvalue weighted by atomic mass is 16.5. The second-order valence-electron chi connectivity index (χ2n) is 7.59. The van der Waals surface area contributed by atoms with Crippen molar-refractivity contribution in [1.82, 2.24) is 10.2 Å². The van der Waals surface area contributed by atoms with Crippen LogP contribution in [-0.2, 0) is 17.9 Å². The third-order valence-corrected chi connectivity index (χ3v) is 5.37. The van der Waals surface area contributed by atoms with Crippen LogP contribution in [0.1, 0.15) is 47.7 Å². The first kappa shape index (κ1) is 21.8. The van der Waals surface area contributed by atoms with Crippen molar-refractivity contribution in [3.63, 3.8) is 0 Å². The van der Waals surface area contributed by atoms with Crippen molar-refractivity contribution >= 4 is 11.7 Å². The van der Waals surface area contributed by atoms with E-state index < -0.39 is 0 Å². The molecule has 0 atom stereocenters. The van der Waals surface area contributed by atoms with E-state index in [2.05, 4.69) is 22.3 Å². The fraction of sp³-hybridized carbons (Fsp3) is 0.417. The maximum Gasteiger partial charge on any atom is 0.258 e. The van der Waals surface area contributed by atoms with Gasteiger partial charge < -0.3 is 14.8 Å². The highest BCUT2D eigenvalue weighted by Gasteiger charge is 2.14. The number of ether oxygens (including phenoxy) is 2. The average Bonchev–Trinajstić information content (AvgIpc) is 2.77. The molecule has 1 heterocycles. The van der Waals surface area contributed by atoms with Crippen LogP contribution in [0.2, 0.25) is 0 Å². The Balaban J connectivity index is 1.53. The minimum Gasteiger partial charge on any atom is -0.493 e. The van der Waals surface area contributed by atoms with Gasteiger partial charge in [-0.05, 0) is 62.2 Å². The minimum atomic E-state index is -0.208. The summed E-state index contributed by atoms with van der Waals surface area (Å²) in [6.07, 6.45) is 3.83. The van der Waals surface area contributed by atoms with E-state index >= 15 is 0 Å². The summed E-state index contributed by atoms with van der Waals surface area (Å²) >= 11 is 0. The van der Waals surface area contributed by atoms with Gasteiger partial charge in [0.1, 0.15) is 0 Å². The largest absolute Gasteiger partial charge is 0.493 e. The number of hydrogen-bond donors (Lipinski definition) is 1. The Morgan fingerprint density at radius 3 is 2.43 bits per heavy atom. The first-order chi connectivity index (χ1) is 14.6. The summed E-state index contributed by atoms with van der Waals surface area (Å²) in [5, 5.41) is 2.94. The number of nitrogens with zero attached hydrogens (tertiary/aromatic N) is 1. The molecule has 0 saturated carbocycles. The number of nitrogens with one attached hydrogen (secondary N) is 1. The van der Waals surface area contributed by atoms with Crippen molar-refractivity contribution in [1.29, 1.82) is 0 Å². The summed E-state index contributed by atoms with van der Waals surface area (Å²) in [6, 6.07) is 13.2. The first-order valence-electron chi connectivity index (χ1n) is 10.4. The zero-order valence-corrected chi connectivity index (χ0v) is 17.8. The molecule has 0 radical (unpaired) electrons. The molecule has 0 unspecified atom stereocenters. The number of benzene rings is 2. The first-order valence-corrected chi connectivity index (χ1v) is 10.4. The molecule has 0 aliphatic carbocycles. The SMILES string of the molecule is COc1cc(C(C)=O)ccc1OCC(=O)NCc1ccccc1CN1CCCCC1. The second kappa shape index (κ2) is 10.8. The van der Waals surface area contributed by atoms with Crippen LogP contribution in [0.15, 0.2) is 42.5 Å². The quantitative estimate of drug-likeness (QED) is 0.640. The van der Waals surface area contributed by atoms with Crippen LogP contribution in [0.3, 0.4) is 0 Å². The fourth-order valence-electron chi connectivity index (χ4n) is 3.64. The molecule has 0 spiro atoms. The number of amides is 1. The molecule has 2 aromatic rings. The lowest BCUT2D eigenvalue weighted by atomic mass is 10.0. The molecule has 1 aliphatic rings. The van der Waals surface area contributed by atoms with Crippen LogP contribution in [-0.4, -0.2) is 43.4 Å². The standard InChI is InChI=1S/C24H30N2O4/c1-18(27)19-10-11-22(23(14-19)29-2)30-17-24(28)25-15-20-8-4-5-9-21(20)16-26-12-6-3-7-13-26/h4-5,8-11,14H,3,6-7,12-13,15-17H2,1-2H3,(H,25,28). The van der Waals surface area contributed by atoms with Gasteiger partial charge in [0, 0.05) is 18.7 Å². The number of piperidine rings is 1.